The van der Waals surface area contributed by atoms with Gasteiger partial charge in [-0.1, -0.05) is 13.8 Å². The van der Waals surface area contributed by atoms with Gasteiger partial charge in [0.25, 0.3) is 0 Å². The molecule has 0 spiro atoms. The Morgan fingerprint density at radius 1 is 0.361 bits per heavy atom. The van der Waals surface area contributed by atoms with Gasteiger partial charge >= 0.3 is 59.5 Å². The Morgan fingerprint density at radius 3 is 0.750 bits per heavy atom. The first-order valence-corrected chi connectivity index (χ1v) is 8.39. The molecule has 22 heteroatoms. The molecule has 1 N–H and O–H groups in total. The van der Waals surface area contributed by atoms with Crippen LogP contribution in [0.1, 0.15) is 20.3 Å². The summed E-state index contributed by atoms with van der Waals surface area (Å²) in [5.74, 6) is -77.0. The van der Waals surface area contributed by atoms with E-state index in [1.54, 1.807) is 0 Å². The van der Waals surface area contributed by atoms with Crippen LogP contribution < -0.4 is 0 Å². The molecule has 0 radical (unpaired) electrons. The number of aliphatic hydroxyl groups excluding tert-OH is 1. The van der Waals surface area contributed by atoms with Crippen molar-refractivity contribution in [1.82, 2.24) is 0 Å². The molecule has 1 nitrogen and oxygen atoms in total. The molecule has 0 saturated heterocycles. The average molecular weight is 594 g/mol. The lowest BCUT2D eigenvalue weighted by Gasteiger charge is -2.44. The first kappa shape index (κ1) is 36.6. The highest BCUT2D eigenvalue weighted by atomic mass is 19.4. The number of hydrogen-bond acceptors (Lipinski definition) is 1. The highest BCUT2D eigenvalue weighted by Gasteiger charge is 2.97. The van der Waals surface area contributed by atoms with Crippen molar-refractivity contribution in [2.45, 2.75) is 79.7 Å². The molecule has 0 aromatic heterocycles. The predicted molar refractivity (Wildman–Crippen MR) is 73.6 cm³/mol. The Morgan fingerprint density at radius 2 is 0.556 bits per heavy atom. The van der Waals surface area contributed by atoms with E-state index in [0.717, 1.165) is 0 Å². The molecule has 0 aromatic carbocycles. The van der Waals surface area contributed by atoms with Crippen molar-refractivity contribution in [3.63, 3.8) is 0 Å². The Bertz CT molecular complexity index is 733. The van der Waals surface area contributed by atoms with Crippen molar-refractivity contribution >= 4 is 0 Å². The summed E-state index contributed by atoms with van der Waals surface area (Å²) < 4.78 is 272. The van der Waals surface area contributed by atoms with Gasteiger partial charge in [0.1, 0.15) is 0 Å². The molecule has 0 atom stereocenters. The van der Waals surface area contributed by atoms with E-state index in [9.17, 15) is 92.2 Å². The van der Waals surface area contributed by atoms with Crippen LogP contribution in [0.5, 0.6) is 0 Å². The topological polar surface area (TPSA) is 20.2 Å². The van der Waals surface area contributed by atoms with Gasteiger partial charge < -0.3 is 5.11 Å². The molecule has 0 aliphatic rings. The number of halogens is 21. The first-order chi connectivity index (χ1) is 15.3. The average Bonchev–Trinajstić information content (AvgIpc) is 2.67. The molecule has 0 amide bonds. The Kier molecular flexibility index (Phi) is 9.83. The summed E-state index contributed by atoms with van der Waals surface area (Å²) >= 11 is 0. The van der Waals surface area contributed by atoms with Crippen LogP contribution in [0.3, 0.4) is 0 Å². The minimum absolute atomic E-state index is 2.00. The van der Waals surface area contributed by atoms with Crippen LogP contribution in [-0.2, 0) is 0 Å². The smallest absolute Gasteiger partial charge is 0.396 e. The summed E-state index contributed by atoms with van der Waals surface area (Å²) in [5.41, 5.74) is 0. The Balaban J connectivity index is 0. The summed E-state index contributed by atoms with van der Waals surface area (Å²) in [4.78, 5) is 0. The van der Waals surface area contributed by atoms with Gasteiger partial charge in [-0.3, -0.25) is 0 Å². The van der Waals surface area contributed by atoms with E-state index >= 15 is 0 Å². The molecule has 36 heavy (non-hydrogen) atoms. The minimum Gasteiger partial charge on any atom is -0.396 e. The van der Waals surface area contributed by atoms with Crippen LogP contribution in [0.15, 0.2) is 0 Å². The van der Waals surface area contributed by atoms with Gasteiger partial charge in [-0.2, -0.15) is 92.2 Å². The van der Waals surface area contributed by atoms with Crippen LogP contribution in [0.4, 0.5) is 92.2 Å². The number of aliphatic hydroxyl groups is 1. The third-order valence-corrected chi connectivity index (χ3v) is 4.00. The van der Waals surface area contributed by atoms with E-state index in [1.807, 2.05) is 13.8 Å². The zero-order chi connectivity index (χ0) is 30.4. The van der Waals surface area contributed by atoms with Crippen LogP contribution in [0, 0.1) is 0 Å². The number of rotatable bonds is 10. The third-order valence-electron chi connectivity index (χ3n) is 4.00. The van der Waals surface area contributed by atoms with Gasteiger partial charge in [0.2, 0.25) is 0 Å². The van der Waals surface area contributed by atoms with E-state index < -0.39 is 72.5 Å². The molecule has 0 heterocycles. The van der Waals surface area contributed by atoms with Gasteiger partial charge in [-0.25, -0.2) is 0 Å². The van der Waals surface area contributed by atoms with E-state index in [1.165, 1.54) is 0 Å². The summed E-state index contributed by atoms with van der Waals surface area (Å²) in [6, 6.07) is 0. The van der Waals surface area contributed by atoms with Crippen LogP contribution in [0.25, 0.3) is 0 Å². The molecule has 220 valence electrons. The van der Waals surface area contributed by atoms with E-state index in [2.05, 4.69) is 0 Å². The fraction of sp³-hybridized carbons (Fsp3) is 1.00. The maximum atomic E-state index is 13.3. The van der Waals surface area contributed by atoms with E-state index in [-0.39, 0.29) is 0 Å². The lowest BCUT2D eigenvalue weighted by molar-refractivity contribution is -0.474. The maximum Gasteiger partial charge on any atom is 0.460 e. The molecule has 0 rings (SSSR count). The third kappa shape index (κ3) is 4.62. The number of alkyl halides is 21. The fourth-order valence-electron chi connectivity index (χ4n) is 1.89. The van der Waals surface area contributed by atoms with Crippen molar-refractivity contribution in [3.05, 3.63) is 0 Å². The van der Waals surface area contributed by atoms with Crippen molar-refractivity contribution in [3.8, 4) is 0 Å². The molecule has 0 bridgehead atoms. The van der Waals surface area contributed by atoms with Gasteiger partial charge in [0, 0.05) is 13.0 Å². The fourth-order valence-corrected chi connectivity index (χ4v) is 1.89. The Hall–Kier alpha value is -1.51. The van der Waals surface area contributed by atoms with Gasteiger partial charge in [0.15, 0.2) is 0 Å². The van der Waals surface area contributed by atoms with Crippen molar-refractivity contribution < 1.29 is 97.3 Å². The normalized spacial score (nSPS) is 16.0. The number of hydrogen-bond donors (Lipinski definition) is 1. The van der Waals surface area contributed by atoms with Gasteiger partial charge in [-0.15, -0.1) is 0 Å². The van der Waals surface area contributed by atoms with Crippen LogP contribution in [-0.4, -0.2) is 71.2 Å². The summed E-state index contributed by atoms with van der Waals surface area (Å²) in [7, 11) is 0. The monoisotopic (exact) mass is 594 g/mol. The zero-order valence-corrected chi connectivity index (χ0v) is 16.8. The van der Waals surface area contributed by atoms with Crippen LogP contribution >= 0.6 is 0 Å². The lowest BCUT2D eigenvalue weighted by Crippen LogP contribution is -2.76. The van der Waals surface area contributed by atoms with Crippen molar-refractivity contribution in [2.75, 3.05) is 6.61 Å². The van der Waals surface area contributed by atoms with Gasteiger partial charge in [-0.05, 0) is 0 Å². The maximum absolute atomic E-state index is 13.3. The molecular weight excluding hydrogens is 583 g/mol. The van der Waals surface area contributed by atoms with Gasteiger partial charge in [0.05, 0.1) is 0 Å². The quantitative estimate of drug-likeness (QED) is 0.258. The van der Waals surface area contributed by atoms with Crippen molar-refractivity contribution in [2.24, 2.45) is 0 Å². The highest BCUT2D eigenvalue weighted by Crippen LogP contribution is 2.66. The standard InChI is InChI=1S/C12H5F21O.C2H6/c13-3(14,1-2-34)4(15,16)5(17,18)6(19,20)7(21,22)8(23,24)9(25,26)10(27,28)11(29,30)12(31,32)33;1-2/h34H,1-2H2;1-2H3. The molecule has 0 fully saturated rings. The van der Waals surface area contributed by atoms with Crippen molar-refractivity contribution in [1.29, 1.82) is 0 Å². The van der Waals surface area contributed by atoms with Crippen LogP contribution in [0.2, 0.25) is 0 Å². The minimum atomic E-state index is -9.17. The molecule has 0 saturated carbocycles. The summed E-state index contributed by atoms with van der Waals surface area (Å²) in [6.45, 7) is 1.69. The largest absolute Gasteiger partial charge is 0.460 e. The predicted octanol–water partition coefficient (Wildman–Crippen LogP) is 7.68. The second-order valence-electron chi connectivity index (χ2n) is 6.27. The van der Waals surface area contributed by atoms with E-state index in [0.29, 0.717) is 0 Å². The SMILES string of the molecule is CC.OCCC(F)(F)C(F)(F)C(F)(F)C(F)(F)C(F)(F)C(F)(F)C(F)(F)C(F)(F)C(F)(F)C(F)(F)F. The lowest BCUT2D eigenvalue weighted by atomic mass is 9.86. The van der Waals surface area contributed by atoms with E-state index in [4.69, 9.17) is 5.11 Å². The summed E-state index contributed by atoms with van der Waals surface area (Å²) in [6.07, 6.45) is -11.0. The first-order valence-electron chi connectivity index (χ1n) is 8.39. The molecule has 0 unspecified atom stereocenters. The zero-order valence-electron chi connectivity index (χ0n) is 16.8. The Labute approximate surface area is 185 Å². The molecular formula is C14H11F21O. The molecule has 0 aliphatic heterocycles. The summed E-state index contributed by atoms with van der Waals surface area (Å²) in [5, 5.41) is 8.00. The second-order valence-corrected chi connectivity index (χ2v) is 6.27. The second kappa shape index (κ2) is 9.66. The molecule has 0 aliphatic carbocycles. The highest BCUT2D eigenvalue weighted by molar-refractivity contribution is 5.17. The molecule has 0 aromatic rings.